The molecular weight excluding hydrogens is 228 g/mol. The van der Waals surface area contributed by atoms with Crippen molar-refractivity contribution in [2.45, 2.75) is 29.9 Å². The Morgan fingerprint density at radius 3 is 2.62 bits per heavy atom. The number of hydrogen-bond acceptors (Lipinski definition) is 3. The highest BCUT2D eigenvalue weighted by molar-refractivity contribution is 8.15. The van der Waals surface area contributed by atoms with Crippen LogP contribution in [0.25, 0.3) is 0 Å². The predicted molar refractivity (Wildman–Crippen MR) is 54.0 cm³/mol. The monoisotopic (exact) mass is 236 g/mol. The lowest BCUT2D eigenvalue weighted by Gasteiger charge is -2.08. The second-order valence-corrected chi connectivity index (χ2v) is 7.09. The van der Waals surface area contributed by atoms with Crippen LogP contribution in [-0.4, -0.2) is 8.42 Å². The van der Waals surface area contributed by atoms with Crippen molar-refractivity contribution in [3.63, 3.8) is 0 Å². The van der Waals surface area contributed by atoms with E-state index in [1.807, 2.05) is 0 Å². The van der Waals surface area contributed by atoms with Gasteiger partial charge in [0, 0.05) is 15.6 Å². The Labute approximate surface area is 86.0 Å². The van der Waals surface area contributed by atoms with E-state index in [0.717, 1.165) is 25.7 Å². The van der Waals surface area contributed by atoms with Crippen LogP contribution >= 0.6 is 22.0 Å². The fourth-order valence-corrected chi connectivity index (χ4v) is 3.97. The topological polar surface area (TPSA) is 34.1 Å². The summed E-state index contributed by atoms with van der Waals surface area (Å²) in [6, 6.07) is 1.72. The van der Waals surface area contributed by atoms with Gasteiger partial charge in [-0.25, -0.2) is 8.42 Å². The molecule has 0 bridgehead atoms. The maximum absolute atomic E-state index is 11.0. The molecule has 0 unspecified atom stereocenters. The summed E-state index contributed by atoms with van der Waals surface area (Å²) >= 11 is 1.32. The number of fused-ring (bicyclic) bond motifs is 1. The molecule has 0 atom stereocenters. The van der Waals surface area contributed by atoms with Gasteiger partial charge in [0.1, 0.15) is 4.21 Å². The van der Waals surface area contributed by atoms with Crippen molar-refractivity contribution in [1.29, 1.82) is 0 Å². The zero-order valence-electron chi connectivity index (χ0n) is 6.92. The van der Waals surface area contributed by atoms with E-state index in [1.54, 1.807) is 6.07 Å². The first kappa shape index (κ1) is 9.49. The van der Waals surface area contributed by atoms with Gasteiger partial charge < -0.3 is 0 Å². The third-order valence-electron chi connectivity index (χ3n) is 2.21. The Balaban J connectivity index is 2.47. The highest BCUT2D eigenvalue weighted by Crippen LogP contribution is 2.33. The fourth-order valence-electron chi connectivity index (χ4n) is 1.58. The molecule has 13 heavy (non-hydrogen) atoms. The minimum absolute atomic E-state index is 0.307. The molecule has 0 fully saturated rings. The van der Waals surface area contributed by atoms with E-state index in [9.17, 15) is 8.42 Å². The van der Waals surface area contributed by atoms with Crippen molar-refractivity contribution >= 4 is 31.1 Å². The van der Waals surface area contributed by atoms with Crippen molar-refractivity contribution in [2.75, 3.05) is 0 Å². The predicted octanol–water partition coefficient (Wildman–Crippen LogP) is 2.55. The highest BCUT2D eigenvalue weighted by atomic mass is 35.7. The van der Waals surface area contributed by atoms with Gasteiger partial charge in [0.05, 0.1) is 0 Å². The van der Waals surface area contributed by atoms with Gasteiger partial charge in [-0.1, -0.05) is 0 Å². The summed E-state index contributed by atoms with van der Waals surface area (Å²) in [4.78, 5) is 1.20. The normalized spacial score (nSPS) is 17.0. The summed E-state index contributed by atoms with van der Waals surface area (Å²) in [7, 11) is 1.75. The number of halogens is 1. The molecule has 0 spiro atoms. The molecule has 1 heterocycles. The third-order valence-corrected chi connectivity index (χ3v) is 5.53. The Bertz CT molecular complexity index is 396. The van der Waals surface area contributed by atoms with Crippen molar-refractivity contribution in [2.24, 2.45) is 0 Å². The van der Waals surface area contributed by atoms with Crippen LogP contribution < -0.4 is 0 Å². The van der Waals surface area contributed by atoms with Gasteiger partial charge in [-0.15, -0.1) is 11.3 Å². The zero-order chi connectivity index (χ0) is 9.47. The molecule has 1 aromatic rings. The first-order chi connectivity index (χ1) is 6.07. The molecule has 72 valence electrons. The Morgan fingerprint density at radius 1 is 1.31 bits per heavy atom. The van der Waals surface area contributed by atoms with Crippen molar-refractivity contribution in [3.05, 3.63) is 16.5 Å². The van der Waals surface area contributed by atoms with Crippen molar-refractivity contribution in [1.82, 2.24) is 0 Å². The summed E-state index contributed by atoms with van der Waals surface area (Å²) in [5.41, 5.74) is 1.18. The van der Waals surface area contributed by atoms with Gasteiger partial charge in [-0.05, 0) is 37.3 Å². The quantitative estimate of drug-likeness (QED) is 0.703. The maximum Gasteiger partial charge on any atom is 0.270 e. The van der Waals surface area contributed by atoms with E-state index < -0.39 is 9.05 Å². The molecule has 1 aliphatic carbocycles. The lowest BCUT2D eigenvalue weighted by Crippen LogP contribution is -1.96. The molecule has 2 rings (SSSR count). The second-order valence-electron chi connectivity index (χ2n) is 3.16. The molecule has 2 nitrogen and oxygen atoms in total. The van der Waals surface area contributed by atoms with Crippen LogP contribution in [0.2, 0.25) is 0 Å². The summed E-state index contributed by atoms with van der Waals surface area (Å²) < 4.78 is 22.4. The van der Waals surface area contributed by atoms with E-state index in [4.69, 9.17) is 10.7 Å². The Hall–Kier alpha value is -0.0600. The molecule has 1 aromatic heterocycles. The number of hydrogen-bond donors (Lipinski definition) is 0. The van der Waals surface area contributed by atoms with E-state index in [2.05, 4.69) is 0 Å². The fraction of sp³-hybridized carbons (Fsp3) is 0.500. The van der Waals surface area contributed by atoms with Crippen LogP contribution in [-0.2, 0) is 21.9 Å². The van der Waals surface area contributed by atoms with Crippen LogP contribution in [0.3, 0.4) is 0 Å². The van der Waals surface area contributed by atoms with Crippen LogP contribution in [0.5, 0.6) is 0 Å². The first-order valence-electron chi connectivity index (χ1n) is 4.13. The molecule has 5 heteroatoms. The molecule has 0 saturated carbocycles. The van der Waals surface area contributed by atoms with Crippen LogP contribution in [0.1, 0.15) is 23.3 Å². The molecule has 0 aliphatic heterocycles. The lowest BCUT2D eigenvalue weighted by molar-refractivity contribution is 0.611. The van der Waals surface area contributed by atoms with E-state index in [1.165, 1.54) is 21.8 Å². The SMILES string of the molecule is O=S(=O)(Cl)c1cc2c(s1)CCCC2. The Morgan fingerprint density at radius 2 is 2.00 bits per heavy atom. The van der Waals surface area contributed by atoms with E-state index >= 15 is 0 Å². The van der Waals surface area contributed by atoms with Gasteiger partial charge in [0.2, 0.25) is 0 Å². The number of rotatable bonds is 1. The van der Waals surface area contributed by atoms with Gasteiger partial charge >= 0.3 is 0 Å². The molecular formula is C8H9ClO2S2. The summed E-state index contributed by atoms with van der Waals surface area (Å²) in [5, 5.41) is 0. The van der Waals surface area contributed by atoms with Gasteiger partial charge in [-0.2, -0.15) is 0 Å². The van der Waals surface area contributed by atoms with E-state index in [0.29, 0.717) is 4.21 Å². The van der Waals surface area contributed by atoms with Crippen LogP contribution in [0, 0.1) is 0 Å². The zero-order valence-corrected chi connectivity index (χ0v) is 9.31. The molecule has 0 amide bonds. The van der Waals surface area contributed by atoms with Crippen LogP contribution in [0.4, 0.5) is 0 Å². The molecule has 1 aliphatic rings. The minimum atomic E-state index is -3.51. The summed E-state index contributed by atoms with van der Waals surface area (Å²) in [5.74, 6) is 0. The first-order valence-corrected chi connectivity index (χ1v) is 7.26. The summed E-state index contributed by atoms with van der Waals surface area (Å²) in [6.45, 7) is 0. The van der Waals surface area contributed by atoms with Crippen molar-refractivity contribution < 1.29 is 8.42 Å². The molecule has 0 radical (unpaired) electrons. The van der Waals surface area contributed by atoms with Crippen molar-refractivity contribution in [3.8, 4) is 0 Å². The average molecular weight is 237 g/mol. The largest absolute Gasteiger partial charge is 0.270 e. The van der Waals surface area contributed by atoms with Gasteiger partial charge in [0.15, 0.2) is 0 Å². The third kappa shape index (κ3) is 1.90. The molecule has 0 N–H and O–H groups in total. The average Bonchev–Trinajstić information content (AvgIpc) is 2.45. The number of thiophene rings is 1. The smallest absolute Gasteiger partial charge is 0.206 e. The second kappa shape index (κ2) is 3.26. The highest BCUT2D eigenvalue weighted by Gasteiger charge is 2.19. The molecule has 0 aromatic carbocycles. The van der Waals surface area contributed by atoms with E-state index in [-0.39, 0.29) is 0 Å². The summed E-state index contributed by atoms with van der Waals surface area (Å²) in [6.07, 6.45) is 4.32. The van der Waals surface area contributed by atoms with Crippen LogP contribution in [0.15, 0.2) is 10.3 Å². The van der Waals surface area contributed by atoms with Gasteiger partial charge in [0.25, 0.3) is 9.05 Å². The standard InChI is InChI=1S/C8H9ClO2S2/c9-13(10,11)8-5-6-3-1-2-4-7(6)12-8/h5H,1-4H2. The molecule has 0 saturated heterocycles. The lowest BCUT2D eigenvalue weighted by atomic mass is 10.00. The Kier molecular flexibility index (Phi) is 2.38. The van der Waals surface area contributed by atoms with Gasteiger partial charge in [-0.3, -0.25) is 0 Å². The number of aryl methyl sites for hydroxylation is 2. The maximum atomic E-state index is 11.0. The minimum Gasteiger partial charge on any atom is -0.206 e.